The number of carbonyl (C=O) groups excluding carboxylic acids is 2. The molecule has 186 valence electrons. The van der Waals surface area contributed by atoms with E-state index in [9.17, 15) is 19.7 Å². The van der Waals surface area contributed by atoms with E-state index in [-0.39, 0.29) is 23.8 Å². The fourth-order valence-electron chi connectivity index (χ4n) is 3.06. The largest absolute Gasteiger partial charge is 0.495 e. The first-order valence-electron chi connectivity index (χ1n) is 10.8. The van der Waals surface area contributed by atoms with Crippen molar-refractivity contribution in [2.75, 3.05) is 25.6 Å². The summed E-state index contributed by atoms with van der Waals surface area (Å²) in [7, 11) is 1.51. The van der Waals surface area contributed by atoms with Crippen molar-refractivity contribution in [1.82, 2.24) is 5.43 Å². The quantitative estimate of drug-likeness (QED) is 0.236. The van der Waals surface area contributed by atoms with Crippen molar-refractivity contribution in [1.29, 1.82) is 0 Å². The fraction of sp³-hybridized carbons (Fsp3) is 0.160. The Hall–Kier alpha value is -4.93. The Labute approximate surface area is 206 Å². The molecule has 0 fully saturated rings. The Morgan fingerprint density at radius 2 is 1.81 bits per heavy atom. The van der Waals surface area contributed by atoms with Crippen LogP contribution in [0.3, 0.4) is 0 Å². The number of nitro groups is 1. The summed E-state index contributed by atoms with van der Waals surface area (Å²) in [5.74, 6) is 0.292. The number of para-hydroxylation sites is 2. The Morgan fingerprint density at radius 3 is 2.56 bits per heavy atom. The summed E-state index contributed by atoms with van der Waals surface area (Å²) in [6.45, 7) is 1.90. The number of nitrogens with zero attached hydrogens (tertiary/aromatic N) is 2. The van der Waals surface area contributed by atoms with Gasteiger partial charge in [0.05, 0.1) is 30.5 Å². The number of amides is 2. The number of hydrogen-bond acceptors (Lipinski definition) is 8. The summed E-state index contributed by atoms with van der Waals surface area (Å²) in [6, 6.07) is 17.3. The van der Waals surface area contributed by atoms with Crippen LogP contribution in [0.25, 0.3) is 0 Å². The van der Waals surface area contributed by atoms with Crippen LogP contribution in [0, 0.1) is 10.1 Å². The second-order valence-electron chi connectivity index (χ2n) is 7.18. The van der Waals surface area contributed by atoms with Gasteiger partial charge in [-0.2, -0.15) is 5.10 Å². The third kappa shape index (κ3) is 7.03. The summed E-state index contributed by atoms with van der Waals surface area (Å²) in [5.41, 5.74) is 3.35. The summed E-state index contributed by atoms with van der Waals surface area (Å²) >= 11 is 0. The molecule has 0 saturated carbocycles. The van der Waals surface area contributed by atoms with Gasteiger partial charge in [-0.25, -0.2) is 5.43 Å². The van der Waals surface area contributed by atoms with Crippen molar-refractivity contribution in [2.24, 2.45) is 5.10 Å². The number of carbonyl (C=O) groups is 2. The number of methoxy groups -OCH3 is 1. The zero-order chi connectivity index (χ0) is 25.9. The highest BCUT2D eigenvalue weighted by molar-refractivity contribution is 5.95. The number of benzene rings is 3. The van der Waals surface area contributed by atoms with Gasteiger partial charge in [0.2, 0.25) is 0 Å². The van der Waals surface area contributed by atoms with E-state index in [1.165, 1.54) is 31.5 Å². The van der Waals surface area contributed by atoms with Crippen LogP contribution in [-0.4, -0.2) is 43.3 Å². The molecular formula is C25H24N4O7. The van der Waals surface area contributed by atoms with Gasteiger partial charge in [0.1, 0.15) is 5.75 Å². The fourth-order valence-corrected chi connectivity index (χ4v) is 3.06. The van der Waals surface area contributed by atoms with Gasteiger partial charge in [0.25, 0.3) is 17.5 Å². The highest BCUT2D eigenvalue weighted by Crippen LogP contribution is 2.28. The van der Waals surface area contributed by atoms with Gasteiger partial charge in [0, 0.05) is 17.7 Å². The first kappa shape index (κ1) is 25.7. The molecule has 0 aliphatic rings. The van der Waals surface area contributed by atoms with Crippen LogP contribution in [0.15, 0.2) is 71.8 Å². The average molecular weight is 492 g/mol. The van der Waals surface area contributed by atoms with Crippen LogP contribution in [0.1, 0.15) is 22.8 Å². The lowest BCUT2D eigenvalue weighted by molar-refractivity contribution is -0.384. The number of hydrogen-bond donors (Lipinski definition) is 2. The highest BCUT2D eigenvalue weighted by atomic mass is 16.6. The maximum Gasteiger partial charge on any atom is 0.271 e. The van der Waals surface area contributed by atoms with Crippen LogP contribution in [0.4, 0.5) is 11.4 Å². The van der Waals surface area contributed by atoms with Gasteiger partial charge in [-0.3, -0.25) is 19.7 Å². The monoisotopic (exact) mass is 492 g/mol. The maximum atomic E-state index is 12.3. The molecule has 0 bridgehead atoms. The zero-order valence-corrected chi connectivity index (χ0v) is 19.6. The molecule has 0 aromatic heterocycles. The normalized spacial score (nSPS) is 10.5. The Morgan fingerprint density at radius 1 is 1.00 bits per heavy atom. The van der Waals surface area contributed by atoms with Gasteiger partial charge in [-0.05, 0) is 48.9 Å². The van der Waals surface area contributed by atoms with Gasteiger partial charge in [-0.1, -0.05) is 18.2 Å². The number of nitro benzene ring substituents is 1. The molecule has 3 aromatic rings. The number of nitrogens with one attached hydrogen (secondary N) is 2. The highest BCUT2D eigenvalue weighted by Gasteiger charge is 2.12. The summed E-state index contributed by atoms with van der Waals surface area (Å²) in [6.07, 6.45) is 1.38. The first-order valence-corrected chi connectivity index (χ1v) is 10.8. The predicted molar refractivity (Wildman–Crippen MR) is 133 cm³/mol. The van der Waals surface area contributed by atoms with Crippen molar-refractivity contribution in [3.05, 3.63) is 88.0 Å². The second kappa shape index (κ2) is 12.5. The molecule has 0 aliphatic carbocycles. The Kier molecular flexibility index (Phi) is 8.93. The molecule has 0 radical (unpaired) electrons. The molecule has 11 nitrogen and oxygen atoms in total. The van der Waals surface area contributed by atoms with Crippen LogP contribution < -0.4 is 25.0 Å². The number of anilines is 1. The van der Waals surface area contributed by atoms with Crippen LogP contribution in [0.2, 0.25) is 0 Å². The molecule has 36 heavy (non-hydrogen) atoms. The number of ether oxygens (including phenoxy) is 3. The standard InChI is InChI=1S/C25H24N4O7/c1-3-35-23-13-17(15-26-28-25(31)18-7-6-8-19(14-18)29(32)33)11-12-22(23)36-16-24(30)27-20-9-4-5-10-21(20)34-2/h4-15H,3,16H2,1-2H3,(H,27,30)(H,28,31)/b26-15+. The van der Waals surface area contributed by atoms with E-state index in [1.807, 2.05) is 0 Å². The smallest absolute Gasteiger partial charge is 0.271 e. The number of rotatable bonds is 11. The lowest BCUT2D eigenvalue weighted by atomic mass is 10.2. The van der Waals surface area contributed by atoms with E-state index in [0.717, 1.165) is 6.07 Å². The molecular weight excluding hydrogens is 468 g/mol. The number of non-ortho nitro benzene ring substituents is 1. The summed E-state index contributed by atoms with van der Waals surface area (Å²) < 4.78 is 16.5. The zero-order valence-electron chi connectivity index (χ0n) is 19.6. The van der Waals surface area contributed by atoms with Crippen molar-refractivity contribution in [3.8, 4) is 17.2 Å². The maximum absolute atomic E-state index is 12.3. The third-order valence-corrected chi connectivity index (χ3v) is 4.71. The van der Waals surface area contributed by atoms with Crippen molar-refractivity contribution < 1.29 is 28.7 Å². The van der Waals surface area contributed by atoms with Crippen molar-refractivity contribution in [2.45, 2.75) is 6.92 Å². The van der Waals surface area contributed by atoms with Gasteiger partial charge >= 0.3 is 0 Å². The molecule has 3 aromatic carbocycles. The van der Waals surface area contributed by atoms with Gasteiger partial charge in [0.15, 0.2) is 18.1 Å². The Bertz CT molecular complexity index is 1280. The molecule has 3 rings (SSSR count). The minimum Gasteiger partial charge on any atom is -0.495 e. The van der Waals surface area contributed by atoms with Gasteiger partial charge in [-0.15, -0.1) is 0 Å². The lowest BCUT2D eigenvalue weighted by Crippen LogP contribution is -2.20. The van der Waals surface area contributed by atoms with E-state index < -0.39 is 10.8 Å². The van der Waals surface area contributed by atoms with E-state index in [4.69, 9.17) is 14.2 Å². The van der Waals surface area contributed by atoms with Crippen molar-refractivity contribution >= 4 is 29.4 Å². The summed E-state index contributed by atoms with van der Waals surface area (Å²) in [5, 5.41) is 17.5. The van der Waals surface area contributed by atoms with Gasteiger partial charge < -0.3 is 19.5 Å². The molecule has 0 aliphatic heterocycles. The molecule has 0 heterocycles. The third-order valence-electron chi connectivity index (χ3n) is 4.71. The van der Waals surface area contributed by atoms with Crippen LogP contribution in [0.5, 0.6) is 17.2 Å². The van der Waals surface area contributed by atoms with Crippen molar-refractivity contribution in [3.63, 3.8) is 0 Å². The average Bonchev–Trinajstić information content (AvgIpc) is 2.88. The minimum atomic E-state index is -0.596. The van der Waals surface area contributed by atoms with E-state index >= 15 is 0 Å². The summed E-state index contributed by atoms with van der Waals surface area (Å²) in [4.78, 5) is 34.8. The number of hydrazone groups is 1. The minimum absolute atomic E-state index is 0.103. The predicted octanol–water partition coefficient (Wildman–Crippen LogP) is 3.78. The molecule has 0 saturated heterocycles. The topological polar surface area (TPSA) is 141 Å². The molecule has 0 atom stereocenters. The van der Waals surface area contributed by atoms with E-state index in [2.05, 4.69) is 15.8 Å². The van der Waals surface area contributed by atoms with E-state index in [0.29, 0.717) is 35.1 Å². The molecule has 11 heteroatoms. The SMILES string of the molecule is CCOc1cc(/C=N/NC(=O)c2cccc([N+](=O)[O-])c2)ccc1OCC(=O)Nc1ccccc1OC. The molecule has 0 spiro atoms. The van der Waals surface area contributed by atoms with E-state index in [1.54, 1.807) is 49.4 Å². The second-order valence-corrected chi connectivity index (χ2v) is 7.18. The van der Waals surface area contributed by atoms with Crippen LogP contribution >= 0.6 is 0 Å². The molecule has 0 unspecified atom stereocenters. The Balaban J connectivity index is 1.62. The first-order chi connectivity index (χ1) is 17.4. The molecule has 2 N–H and O–H groups in total. The lowest BCUT2D eigenvalue weighted by Gasteiger charge is -2.13. The van der Waals surface area contributed by atoms with Crippen LogP contribution in [-0.2, 0) is 4.79 Å². The molecule has 2 amide bonds.